The third-order valence-electron chi connectivity index (χ3n) is 2.98. The summed E-state index contributed by atoms with van der Waals surface area (Å²) in [7, 11) is 0. The van der Waals surface area contributed by atoms with Gasteiger partial charge in [0, 0.05) is 16.6 Å². The molecule has 2 N–H and O–H groups in total. The van der Waals surface area contributed by atoms with Crippen LogP contribution < -0.4 is 0 Å². The Balaban J connectivity index is 2.04. The van der Waals surface area contributed by atoms with Gasteiger partial charge in [0.25, 0.3) is 0 Å². The molecule has 0 aromatic heterocycles. The average molecular weight is 288 g/mol. The molecule has 1 unspecified atom stereocenters. The van der Waals surface area contributed by atoms with Crippen molar-refractivity contribution in [2.45, 2.75) is 17.2 Å². The van der Waals surface area contributed by atoms with Crippen molar-refractivity contribution in [3.05, 3.63) is 60.2 Å². The predicted octanol–water partition coefficient (Wildman–Crippen LogP) is 3.74. The highest BCUT2D eigenvalue weighted by Crippen LogP contribution is 2.29. The molecule has 2 aromatic rings. The lowest BCUT2D eigenvalue weighted by atomic mass is 9.98. The molecule has 0 aliphatic rings. The smallest absolute Gasteiger partial charge is 0.303 e. The number of hydrogen-bond acceptors (Lipinski definition) is 3. The summed E-state index contributed by atoms with van der Waals surface area (Å²) in [6, 6.07) is 16.6. The van der Waals surface area contributed by atoms with E-state index in [1.807, 2.05) is 42.5 Å². The number of aliphatic carboxylic acids is 1. The zero-order valence-electron chi connectivity index (χ0n) is 10.9. The number of phenolic OH excluding ortho intramolecular Hbond substituents is 1. The van der Waals surface area contributed by atoms with Gasteiger partial charge in [-0.05, 0) is 29.8 Å². The van der Waals surface area contributed by atoms with Gasteiger partial charge in [0.2, 0.25) is 0 Å². The molecule has 0 fully saturated rings. The largest absolute Gasteiger partial charge is 0.508 e. The Morgan fingerprint density at radius 1 is 1.05 bits per heavy atom. The van der Waals surface area contributed by atoms with E-state index in [2.05, 4.69) is 0 Å². The van der Waals surface area contributed by atoms with Gasteiger partial charge < -0.3 is 10.2 Å². The Morgan fingerprint density at radius 2 is 1.70 bits per heavy atom. The lowest BCUT2D eigenvalue weighted by molar-refractivity contribution is -0.137. The zero-order chi connectivity index (χ0) is 14.4. The Kier molecular flexibility index (Phi) is 5.07. The molecule has 0 aliphatic carbocycles. The van der Waals surface area contributed by atoms with Crippen LogP contribution in [-0.4, -0.2) is 21.9 Å². The van der Waals surface area contributed by atoms with Crippen LogP contribution in [0, 0.1) is 0 Å². The molecule has 0 saturated heterocycles. The van der Waals surface area contributed by atoms with Crippen molar-refractivity contribution in [1.82, 2.24) is 0 Å². The summed E-state index contributed by atoms with van der Waals surface area (Å²) >= 11 is 1.60. The van der Waals surface area contributed by atoms with E-state index in [4.69, 9.17) is 5.11 Å². The van der Waals surface area contributed by atoms with Crippen LogP contribution >= 0.6 is 11.8 Å². The first-order chi connectivity index (χ1) is 9.65. The van der Waals surface area contributed by atoms with Crippen LogP contribution in [0.2, 0.25) is 0 Å². The molecule has 20 heavy (non-hydrogen) atoms. The second-order valence-corrected chi connectivity index (χ2v) is 5.60. The van der Waals surface area contributed by atoms with Gasteiger partial charge in [-0.25, -0.2) is 0 Å². The van der Waals surface area contributed by atoms with Gasteiger partial charge in [0.05, 0.1) is 6.42 Å². The van der Waals surface area contributed by atoms with Crippen LogP contribution in [0.5, 0.6) is 5.75 Å². The maximum atomic E-state index is 11.0. The second kappa shape index (κ2) is 7.01. The van der Waals surface area contributed by atoms with Crippen molar-refractivity contribution < 1.29 is 15.0 Å². The van der Waals surface area contributed by atoms with E-state index in [-0.39, 0.29) is 18.1 Å². The minimum atomic E-state index is -0.787. The van der Waals surface area contributed by atoms with E-state index < -0.39 is 5.97 Å². The summed E-state index contributed by atoms with van der Waals surface area (Å²) < 4.78 is 0. The molecule has 0 heterocycles. The molecule has 0 spiro atoms. The number of thioether (sulfide) groups is 1. The summed E-state index contributed by atoms with van der Waals surface area (Å²) in [5.41, 5.74) is 1.04. The van der Waals surface area contributed by atoms with Gasteiger partial charge in [0.15, 0.2) is 0 Å². The van der Waals surface area contributed by atoms with Crippen molar-refractivity contribution >= 4 is 17.7 Å². The van der Waals surface area contributed by atoms with E-state index in [1.165, 1.54) is 0 Å². The minimum absolute atomic E-state index is 0.0208. The van der Waals surface area contributed by atoms with Crippen LogP contribution in [0.4, 0.5) is 0 Å². The molecule has 4 heteroatoms. The molecule has 1 atom stereocenters. The van der Waals surface area contributed by atoms with E-state index in [0.717, 1.165) is 10.5 Å². The first-order valence-corrected chi connectivity index (χ1v) is 7.32. The molecule has 104 valence electrons. The Morgan fingerprint density at radius 3 is 2.30 bits per heavy atom. The number of phenols is 1. The topological polar surface area (TPSA) is 57.5 Å². The molecule has 0 aliphatic heterocycles. The summed E-state index contributed by atoms with van der Waals surface area (Å²) in [6.07, 6.45) is 0.120. The number of carbonyl (C=O) groups is 1. The fourth-order valence-electron chi connectivity index (χ4n) is 1.95. The summed E-state index contributed by atoms with van der Waals surface area (Å²) in [5, 5.41) is 18.3. The van der Waals surface area contributed by atoms with Crippen molar-refractivity contribution in [1.29, 1.82) is 0 Å². The van der Waals surface area contributed by atoms with Crippen LogP contribution in [0.1, 0.15) is 17.9 Å². The standard InChI is InChI=1S/C16H16O3S/c17-14-6-8-15(9-7-14)20-11-13(10-16(18)19)12-4-2-1-3-5-12/h1-9,13,17H,10-11H2,(H,18,19). The highest BCUT2D eigenvalue weighted by molar-refractivity contribution is 7.99. The van der Waals surface area contributed by atoms with Crippen molar-refractivity contribution in [2.24, 2.45) is 0 Å². The van der Waals surface area contributed by atoms with Gasteiger partial charge in [-0.1, -0.05) is 30.3 Å². The zero-order valence-corrected chi connectivity index (χ0v) is 11.7. The Bertz CT molecular complexity index is 552. The fraction of sp³-hybridized carbons (Fsp3) is 0.188. The van der Waals surface area contributed by atoms with Gasteiger partial charge in [-0.2, -0.15) is 0 Å². The van der Waals surface area contributed by atoms with Gasteiger partial charge >= 0.3 is 5.97 Å². The van der Waals surface area contributed by atoms with Crippen molar-refractivity contribution in [2.75, 3.05) is 5.75 Å². The van der Waals surface area contributed by atoms with Crippen LogP contribution in [-0.2, 0) is 4.79 Å². The van der Waals surface area contributed by atoms with Crippen molar-refractivity contribution in [3.63, 3.8) is 0 Å². The Hall–Kier alpha value is -1.94. The van der Waals surface area contributed by atoms with Crippen LogP contribution in [0.3, 0.4) is 0 Å². The molecule has 0 radical (unpaired) electrons. The molecule has 0 bridgehead atoms. The average Bonchev–Trinajstić information content (AvgIpc) is 2.46. The molecule has 0 saturated carbocycles. The van der Waals surface area contributed by atoms with Crippen LogP contribution in [0.15, 0.2) is 59.5 Å². The molecule has 2 rings (SSSR count). The lowest BCUT2D eigenvalue weighted by Gasteiger charge is -2.15. The van der Waals surface area contributed by atoms with E-state index in [1.54, 1.807) is 23.9 Å². The lowest BCUT2D eigenvalue weighted by Crippen LogP contribution is -2.08. The number of rotatable bonds is 6. The maximum Gasteiger partial charge on any atom is 0.303 e. The number of carboxylic acids is 1. The SMILES string of the molecule is O=C(O)CC(CSc1ccc(O)cc1)c1ccccc1. The summed E-state index contributed by atoms with van der Waals surface area (Å²) in [6.45, 7) is 0. The van der Waals surface area contributed by atoms with E-state index in [0.29, 0.717) is 5.75 Å². The number of aromatic hydroxyl groups is 1. The summed E-state index contributed by atoms with van der Waals surface area (Å²) in [4.78, 5) is 12.0. The van der Waals surface area contributed by atoms with Crippen molar-refractivity contribution in [3.8, 4) is 5.75 Å². The first-order valence-electron chi connectivity index (χ1n) is 6.33. The predicted molar refractivity (Wildman–Crippen MR) is 80.3 cm³/mol. The highest BCUT2D eigenvalue weighted by Gasteiger charge is 2.15. The van der Waals surface area contributed by atoms with E-state index >= 15 is 0 Å². The number of carboxylic acid groups (broad SMARTS) is 1. The Labute approximate surface area is 122 Å². The monoisotopic (exact) mass is 288 g/mol. The molecular formula is C16H16O3S. The molecule has 0 amide bonds. The van der Waals surface area contributed by atoms with E-state index in [9.17, 15) is 9.90 Å². The summed E-state index contributed by atoms with van der Waals surface area (Å²) in [5.74, 6) is 0.123. The number of hydrogen-bond donors (Lipinski definition) is 2. The molecule has 2 aromatic carbocycles. The van der Waals surface area contributed by atoms with Gasteiger partial charge in [-0.15, -0.1) is 11.8 Å². The quantitative estimate of drug-likeness (QED) is 0.795. The molecular weight excluding hydrogens is 272 g/mol. The van der Waals surface area contributed by atoms with Gasteiger partial charge in [-0.3, -0.25) is 4.79 Å². The number of benzene rings is 2. The first kappa shape index (κ1) is 14.5. The highest BCUT2D eigenvalue weighted by atomic mass is 32.2. The van der Waals surface area contributed by atoms with Crippen LogP contribution in [0.25, 0.3) is 0 Å². The normalized spacial score (nSPS) is 12.0. The minimum Gasteiger partial charge on any atom is -0.508 e. The fourth-order valence-corrected chi connectivity index (χ4v) is 2.98. The maximum absolute atomic E-state index is 11.0. The van der Waals surface area contributed by atoms with Gasteiger partial charge in [0.1, 0.15) is 5.75 Å². The third-order valence-corrected chi connectivity index (χ3v) is 4.15. The second-order valence-electron chi connectivity index (χ2n) is 4.51. The third kappa shape index (κ3) is 4.31. The molecule has 3 nitrogen and oxygen atoms in total.